The van der Waals surface area contributed by atoms with Gasteiger partial charge in [-0.1, -0.05) is 42.2 Å². The third-order valence-corrected chi connectivity index (χ3v) is 6.57. The molecule has 2 aromatic heterocycles. The van der Waals surface area contributed by atoms with E-state index in [9.17, 15) is 30.4 Å². The molecule has 0 aliphatic rings. The number of hydrogen-bond donors (Lipinski definition) is 2. The Morgan fingerprint density at radius 2 is 1.78 bits per heavy atom. The van der Waals surface area contributed by atoms with Gasteiger partial charge in [0.25, 0.3) is 6.43 Å². The van der Waals surface area contributed by atoms with Crippen molar-refractivity contribution in [1.29, 1.82) is 0 Å². The molecule has 0 aliphatic carbocycles. The number of sulfonamides is 1. The van der Waals surface area contributed by atoms with Gasteiger partial charge in [-0.15, -0.1) is 0 Å². The van der Waals surface area contributed by atoms with Crippen LogP contribution in [0.4, 0.5) is 22.0 Å². The quantitative estimate of drug-likeness (QED) is 0.287. The van der Waals surface area contributed by atoms with Gasteiger partial charge in [-0.25, -0.2) is 31.4 Å². The summed E-state index contributed by atoms with van der Waals surface area (Å²) in [5, 5.41) is 12.6. The number of fused-ring (bicyclic) bond motifs is 1. The summed E-state index contributed by atoms with van der Waals surface area (Å²) in [6.45, 7) is -0.570. The van der Waals surface area contributed by atoms with Crippen LogP contribution in [0, 0.1) is 11.8 Å². The van der Waals surface area contributed by atoms with Crippen LogP contribution in [0.15, 0.2) is 65.7 Å². The van der Waals surface area contributed by atoms with E-state index >= 15 is 0 Å². The van der Waals surface area contributed by atoms with Crippen LogP contribution in [-0.4, -0.2) is 41.3 Å². The average Bonchev–Trinajstić information content (AvgIpc) is 3.28. The van der Waals surface area contributed by atoms with Gasteiger partial charge in [0.2, 0.25) is 10.0 Å². The van der Waals surface area contributed by atoms with Crippen molar-refractivity contribution in [2.45, 2.75) is 17.5 Å². The molecule has 4 aromatic rings. The normalized spacial score (nSPS) is 12.1. The van der Waals surface area contributed by atoms with E-state index in [0.717, 1.165) is 24.4 Å². The minimum atomic E-state index is -4.81. The largest absolute Gasteiger partial charge is 0.433 e. The molecule has 0 aliphatic heterocycles. The fraction of sp³-hybridized carbons (Fsp3) is 0.167. The Morgan fingerprint density at radius 3 is 2.43 bits per heavy atom. The molecule has 0 unspecified atom stereocenters. The molecule has 2 N–H and O–H groups in total. The number of rotatable bonds is 6. The zero-order chi connectivity index (χ0) is 26.8. The highest BCUT2D eigenvalue weighted by atomic mass is 32.2. The molecule has 0 bridgehead atoms. The third-order valence-electron chi connectivity index (χ3n) is 5.11. The predicted molar refractivity (Wildman–Crippen MR) is 123 cm³/mol. The highest BCUT2D eigenvalue weighted by molar-refractivity contribution is 7.89. The van der Waals surface area contributed by atoms with Crippen LogP contribution in [0.5, 0.6) is 0 Å². The second-order valence-electron chi connectivity index (χ2n) is 7.64. The Morgan fingerprint density at radius 1 is 1.05 bits per heavy atom. The maximum Gasteiger partial charge on any atom is 0.433 e. The van der Waals surface area contributed by atoms with E-state index in [4.69, 9.17) is 5.11 Å². The number of halogens is 5. The van der Waals surface area contributed by atoms with Gasteiger partial charge in [0.05, 0.1) is 29.0 Å². The molecule has 0 saturated heterocycles. The number of nitrogens with zero attached hydrogens (tertiary/aromatic N) is 3. The summed E-state index contributed by atoms with van der Waals surface area (Å²) in [6.07, 6.45) is -6.44. The van der Waals surface area contributed by atoms with E-state index in [-0.39, 0.29) is 45.0 Å². The summed E-state index contributed by atoms with van der Waals surface area (Å²) in [6, 6.07) is 11.0. The second-order valence-corrected chi connectivity index (χ2v) is 9.41. The molecule has 0 radical (unpaired) electrons. The van der Waals surface area contributed by atoms with Crippen molar-refractivity contribution in [2.75, 3.05) is 13.2 Å². The average molecular weight is 536 g/mol. The molecule has 192 valence electrons. The van der Waals surface area contributed by atoms with Crippen molar-refractivity contribution >= 4 is 15.7 Å². The van der Waals surface area contributed by atoms with E-state index in [1.54, 1.807) is 0 Å². The lowest BCUT2D eigenvalue weighted by Gasteiger charge is -2.11. The van der Waals surface area contributed by atoms with E-state index in [0.29, 0.717) is 4.52 Å². The Bertz CT molecular complexity index is 1610. The maximum absolute atomic E-state index is 13.8. The fourth-order valence-electron chi connectivity index (χ4n) is 3.34. The van der Waals surface area contributed by atoms with Crippen LogP contribution >= 0.6 is 0 Å². The summed E-state index contributed by atoms with van der Waals surface area (Å²) < 4.78 is 94.4. The molecule has 0 amide bonds. The molecule has 0 fully saturated rings. The Kier molecular flexibility index (Phi) is 7.26. The van der Waals surface area contributed by atoms with Crippen molar-refractivity contribution in [3.63, 3.8) is 0 Å². The second kappa shape index (κ2) is 10.3. The summed E-state index contributed by atoms with van der Waals surface area (Å²) >= 11 is 0. The summed E-state index contributed by atoms with van der Waals surface area (Å²) in [7, 11) is -3.90. The molecule has 2 aromatic carbocycles. The molecule has 7 nitrogen and oxygen atoms in total. The van der Waals surface area contributed by atoms with Crippen LogP contribution in [0.2, 0.25) is 0 Å². The molecule has 37 heavy (non-hydrogen) atoms. The first-order valence-corrected chi connectivity index (χ1v) is 12.0. The minimum absolute atomic E-state index is 0.0308. The van der Waals surface area contributed by atoms with Crippen LogP contribution < -0.4 is 4.72 Å². The van der Waals surface area contributed by atoms with Crippen molar-refractivity contribution < 1.29 is 35.5 Å². The van der Waals surface area contributed by atoms with Crippen molar-refractivity contribution in [1.82, 2.24) is 19.3 Å². The zero-order valence-corrected chi connectivity index (χ0v) is 19.5. The van der Waals surface area contributed by atoms with Gasteiger partial charge in [0.15, 0.2) is 11.3 Å². The van der Waals surface area contributed by atoms with Crippen molar-refractivity contribution in [2.24, 2.45) is 0 Å². The fourth-order valence-corrected chi connectivity index (χ4v) is 4.41. The predicted octanol–water partition coefficient (Wildman–Crippen LogP) is 4.02. The van der Waals surface area contributed by atoms with Crippen LogP contribution in [0.1, 0.15) is 28.8 Å². The van der Waals surface area contributed by atoms with E-state index in [1.165, 1.54) is 36.4 Å². The summed E-state index contributed by atoms with van der Waals surface area (Å²) in [5.74, 6) is 5.37. The monoisotopic (exact) mass is 536 g/mol. The highest BCUT2D eigenvalue weighted by Crippen LogP contribution is 2.33. The Labute approximate surface area is 207 Å². The van der Waals surface area contributed by atoms with Gasteiger partial charge in [-0.05, 0) is 24.3 Å². The number of aliphatic hydroxyl groups is 1. The number of aliphatic hydroxyl groups excluding tert-OH is 1. The zero-order valence-electron chi connectivity index (χ0n) is 18.7. The number of hydrogen-bond acceptors (Lipinski definition) is 5. The number of benzene rings is 2. The first kappa shape index (κ1) is 26.2. The molecule has 0 atom stereocenters. The van der Waals surface area contributed by atoms with E-state index < -0.39 is 34.9 Å². The smallest absolute Gasteiger partial charge is 0.395 e. The third kappa shape index (κ3) is 5.77. The molecular formula is C24H17F5N4O3S. The van der Waals surface area contributed by atoms with Gasteiger partial charge in [-0.2, -0.15) is 18.3 Å². The lowest BCUT2D eigenvalue weighted by molar-refractivity contribution is -0.142. The summed E-state index contributed by atoms with van der Waals surface area (Å²) in [4.78, 5) is 4.13. The lowest BCUT2D eigenvalue weighted by atomic mass is 10.1. The standard InChI is InChI=1S/C24H17F5N4O3S/c25-22(26)17-8-6-16(7-9-17)20-13-21(24(27,28)29)33-23(32-20)18(14-30-33)5-4-15-2-1-3-19(12-15)37(35,36)31-10-11-34/h1-3,6-9,12-14,22,31,34H,10-11H2. The molecule has 0 saturated carbocycles. The van der Waals surface area contributed by atoms with Crippen molar-refractivity contribution in [3.8, 4) is 23.1 Å². The van der Waals surface area contributed by atoms with Gasteiger partial charge in [-0.3, -0.25) is 0 Å². The van der Waals surface area contributed by atoms with E-state index in [2.05, 4.69) is 26.6 Å². The van der Waals surface area contributed by atoms with Gasteiger partial charge in [0.1, 0.15) is 0 Å². The molecule has 0 spiro atoms. The van der Waals surface area contributed by atoms with Crippen LogP contribution in [-0.2, 0) is 16.2 Å². The first-order valence-electron chi connectivity index (χ1n) is 10.6. The minimum Gasteiger partial charge on any atom is -0.395 e. The van der Waals surface area contributed by atoms with Gasteiger partial charge >= 0.3 is 6.18 Å². The first-order chi connectivity index (χ1) is 17.5. The van der Waals surface area contributed by atoms with Gasteiger partial charge < -0.3 is 5.11 Å². The molecular weight excluding hydrogens is 519 g/mol. The van der Waals surface area contributed by atoms with Crippen molar-refractivity contribution in [3.05, 3.63) is 83.2 Å². The topological polar surface area (TPSA) is 96.6 Å². The van der Waals surface area contributed by atoms with E-state index in [1.807, 2.05) is 0 Å². The number of nitrogens with one attached hydrogen (secondary N) is 1. The molecule has 13 heteroatoms. The Hall–Kier alpha value is -3.86. The lowest BCUT2D eigenvalue weighted by Crippen LogP contribution is -2.26. The van der Waals surface area contributed by atoms with Gasteiger partial charge in [0, 0.05) is 23.2 Å². The number of alkyl halides is 5. The SMILES string of the molecule is O=S(=O)(NCCO)c1cccc(C#Cc2cnn3c(C(F)(F)F)cc(-c4ccc(C(F)F)cc4)nc23)c1. The molecule has 2 heterocycles. The number of aromatic nitrogens is 3. The van der Waals surface area contributed by atoms with Crippen LogP contribution in [0.25, 0.3) is 16.9 Å². The highest BCUT2D eigenvalue weighted by Gasteiger charge is 2.35. The maximum atomic E-state index is 13.8. The summed E-state index contributed by atoms with van der Waals surface area (Å²) in [5.41, 5.74) is -1.29. The molecule has 4 rings (SSSR count). The van der Waals surface area contributed by atoms with Crippen LogP contribution in [0.3, 0.4) is 0 Å². The Balaban J connectivity index is 1.78.